The van der Waals surface area contributed by atoms with Gasteiger partial charge in [0.25, 0.3) is 0 Å². The van der Waals surface area contributed by atoms with Crippen molar-refractivity contribution in [1.82, 2.24) is 0 Å². The lowest BCUT2D eigenvalue weighted by Gasteiger charge is -2.01. The molecule has 0 atom stereocenters. The molecule has 0 fully saturated rings. The average Bonchev–Trinajstić information content (AvgIpc) is 2.08. The number of benzene rings is 1. The zero-order chi connectivity index (χ0) is 10.0. The number of aryl methyl sites for hydroxylation is 1. The third kappa shape index (κ3) is 1.93. The van der Waals surface area contributed by atoms with Crippen molar-refractivity contribution in [3.8, 4) is 0 Å². The van der Waals surface area contributed by atoms with E-state index in [-0.39, 0.29) is 5.57 Å². The van der Waals surface area contributed by atoms with Gasteiger partial charge in [-0.1, -0.05) is 18.7 Å². The summed E-state index contributed by atoms with van der Waals surface area (Å²) in [6, 6.07) is 4.24. The van der Waals surface area contributed by atoms with Gasteiger partial charge in [0.05, 0.1) is 5.57 Å². The number of carboxylic acid groups (broad SMARTS) is 1. The Morgan fingerprint density at radius 2 is 2.15 bits per heavy atom. The molecular weight excluding hydrogens is 171 g/mol. The fourth-order valence-corrected chi connectivity index (χ4v) is 0.904. The normalized spacial score (nSPS) is 9.69. The molecule has 13 heavy (non-hydrogen) atoms. The molecular formula is C10H9FO2. The van der Waals surface area contributed by atoms with Gasteiger partial charge in [-0.05, 0) is 24.1 Å². The molecule has 2 nitrogen and oxygen atoms in total. The molecule has 1 rings (SSSR count). The summed E-state index contributed by atoms with van der Waals surface area (Å²) >= 11 is 0. The van der Waals surface area contributed by atoms with Crippen molar-refractivity contribution in [3.05, 3.63) is 41.7 Å². The van der Waals surface area contributed by atoms with Gasteiger partial charge in [0.1, 0.15) is 5.82 Å². The van der Waals surface area contributed by atoms with Gasteiger partial charge in [-0.15, -0.1) is 0 Å². The maximum absolute atomic E-state index is 13.0. The van der Waals surface area contributed by atoms with Crippen LogP contribution in [0.2, 0.25) is 0 Å². The Kier molecular flexibility index (Phi) is 2.46. The van der Waals surface area contributed by atoms with Crippen molar-refractivity contribution in [3.63, 3.8) is 0 Å². The Labute approximate surface area is 75.3 Å². The second-order valence-corrected chi connectivity index (χ2v) is 2.75. The first-order valence-corrected chi connectivity index (χ1v) is 3.71. The van der Waals surface area contributed by atoms with Gasteiger partial charge < -0.3 is 5.11 Å². The standard InChI is InChI=1S/C10H9FO2/c1-6-3-4-8(5-9(6)11)7(2)10(12)13/h3-5H,2H2,1H3,(H,12,13). The van der Waals surface area contributed by atoms with Gasteiger partial charge in [0.2, 0.25) is 0 Å². The van der Waals surface area contributed by atoms with Crippen LogP contribution in [0.3, 0.4) is 0 Å². The van der Waals surface area contributed by atoms with E-state index in [1.165, 1.54) is 18.2 Å². The highest BCUT2D eigenvalue weighted by Crippen LogP contribution is 2.16. The Bertz CT molecular complexity index is 369. The molecule has 0 aliphatic heterocycles. The largest absolute Gasteiger partial charge is 0.478 e. The Hall–Kier alpha value is -1.64. The van der Waals surface area contributed by atoms with Crippen LogP contribution in [0.5, 0.6) is 0 Å². The van der Waals surface area contributed by atoms with Crippen LogP contribution in [-0.2, 0) is 4.79 Å². The fourth-order valence-electron chi connectivity index (χ4n) is 0.904. The predicted molar refractivity (Wildman–Crippen MR) is 47.8 cm³/mol. The van der Waals surface area contributed by atoms with Crippen LogP contribution < -0.4 is 0 Å². The summed E-state index contributed by atoms with van der Waals surface area (Å²) in [6.07, 6.45) is 0. The van der Waals surface area contributed by atoms with Crippen LogP contribution in [-0.4, -0.2) is 11.1 Å². The summed E-state index contributed by atoms with van der Waals surface area (Å²) in [5.74, 6) is -1.55. The molecule has 1 N–H and O–H groups in total. The first-order chi connectivity index (χ1) is 6.02. The number of hydrogen-bond acceptors (Lipinski definition) is 1. The first kappa shape index (κ1) is 9.45. The van der Waals surface area contributed by atoms with E-state index in [2.05, 4.69) is 6.58 Å². The van der Waals surface area contributed by atoms with Crippen LogP contribution in [0.15, 0.2) is 24.8 Å². The van der Waals surface area contributed by atoms with Crippen molar-refractivity contribution >= 4 is 11.5 Å². The van der Waals surface area contributed by atoms with Crippen molar-refractivity contribution < 1.29 is 14.3 Å². The number of carboxylic acids is 1. The highest BCUT2D eigenvalue weighted by molar-refractivity contribution is 6.14. The van der Waals surface area contributed by atoms with Crippen molar-refractivity contribution in [2.45, 2.75) is 6.92 Å². The molecule has 0 spiro atoms. The van der Waals surface area contributed by atoms with Crippen LogP contribution in [0.4, 0.5) is 4.39 Å². The predicted octanol–water partition coefficient (Wildman–Crippen LogP) is 2.23. The summed E-state index contributed by atoms with van der Waals surface area (Å²) in [7, 11) is 0. The quantitative estimate of drug-likeness (QED) is 0.708. The van der Waals surface area contributed by atoms with Gasteiger partial charge in [0, 0.05) is 0 Å². The summed E-state index contributed by atoms with van der Waals surface area (Å²) in [5.41, 5.74) is 0.691. The van der Waals surface area contributed by atoms with Crippen molar-refractivity contribution in [2.24, 2.45) is 0 Å². The van der Waals surface area contributed by atoms with E-state index >= 15 is 0 Å². The van der Waals surface area contributed by atoms with Crippen molar-refractivity contribution in [2.75, 3.05) is 0 Å². The van der Waals surface area contributed by atoms with E-state index < -0.39 is 11.8 Å². The third-order valence-corrected chi connectivity index (χ3v) is 1.78. The zero-order valence-corrected chi connectivity index (χ0v) is 7.17. The molecule has 0 radical (unpaired) electrons. The lowest BCUT2D eigenvalue weighted by atomic mass is 10.1. The lowest BCUT2D eigenvalue weighted by molar-refractivity contribution is -0.130. The molecule has 1 aromatic carbocycles. The molecule has 1 aromatic rings. The molecule has 68 valence electrons. The molecule has 0 aromatic heterocycles. The zero-order valence-electron chi connectivity index (χ0n) is 7.17. The number of rotatable bonds is 2. The van der Waals surface area contributed by atoms with E-state index in [0.717, 1.165) is 0 Å². The molecule has 3 heteroatoms. The molecule has 0 saturated carbocycles. The highest BCUT2D eigenvalue weighted by atomic mass is 19.1. The summed E-state index contributed by atoms with van der Waals surface area (Å²) in [5, 5.41) is 8.57. The first-order valence-electron chi connectivity index (χ1n) is 3.71. The van der Waals surface area contributed by atoms with E-state index in [9.17, 15) is 9.18 Å². The lowest BCUT2D eigenvalue weighted by Crippen LogP contribution is -1.98. The van der Waals surface area contributed by atoms with Crippen LogP contribution in [0, 0.1) is 12.7 Å². The maximum atomic E-state index is 13.0. The van der Waals surface area contributed by atoms with E-state index in [1.54, 1.807) is 6.92 Å². The van der Waals surface area contributed by atoms with Crippen LogP contribution in [0.1, 0.15) is 11.1 Å². The molecule has 0 aliphatic rings. The van der Waals surface area contributed by atoms with E-state index in [4.69, 9.17) is 5.11 Å². The topological polar surface area (TPSA) is 37.3 Å². The van der Waals surface area contributed by atoms with Crippen LogP contribution in [0.25, 0.3) is 5.57 Å². The molecule has 0 aliphatic carbocycles. The average molecular weight is 180 g/mol. The van der Waals surface area contributed by atoms with Crippen LogP contribution >= 0.6 is 0 Å². The Morgan fingerprint density at radius 1 is 1.54 bits per heavy atom. The minimum Gasteiger partial charge on any atom is -0.478 e. The number of aliphatic carboxylic acids is 1. The SMILES string of the molecule is C=C(C(=O)O)c1ccc(C)c(F)c1. The monoisotopic (exact) mass is 180 g/mol. The molecule has 0 saturated heterocycles. The summed E-state index contributed by atoms with van der Waals surface area (Å²) < 4.78 is 13.0. The molecule has 0 heterocycles. The highest BCUT2D eigenvalue weighted by Gasteiger charge is 2.08. The van der Waals surface area contributed by atoms with Gasteiger partial charge in [-0.2, -0.15) is 0 Å². The summed E-state index contributed by atoms with van der Waals surface area (Å²) in [4.78, 5) is 10.5. The maximum Gasteiger partial charge on any atom is 0.335 e. The second-order valence-electron chi connectivity index (χ2n) is 2.75. The Balaban J connectivity index is 3.11. The molecule has 0 amide bonds. The minimum absolute atomic E-state index is 0.0982. The fraction of sp³-hybridized carbons (Fsp3) is 0.100. The number of carbonyl (C=O) groups is 1. The number of hydrogen-bond donors (Lipinski definition) is 1. The minimum atomic E-state index is -1.14. The van der Waals surface area contributed by atoms with Gasteiger partial charge in [-0.25, -0.2) is 9.18 Å². The van der Waals surface area contributed by atoms with Crippen molar-refractivity contribution in [1.29, 1.82) is 0 Å². The molecule has 0 unspecified atom stereocenters. The number of halogens is 1. The smallest absolute Gasteiger partial charge is 0.335 e. The van der Waals surface area contributed by atoms with Gasteiger partial charge in [-0.3, -0.25) is 0 Å². The van der Waals surface area contributed by atoms with Gasteiger partial charge in [0.15, 0.2) is 0 Å². The summed E-state index contributed by atoms with van der Waals surface area (Å²) in [6.45, 7) is 4.94. The third-order valence-electron chi connectivity index (χ3n) is 1.78. The Morgan fingerprint density at radius 3 is 2.62 bits per heavy atom. The van der Waals surface area contributed by atoms with E-state index in [0.29, 0.717) is 11.1 Å². The van der Waals surface area contributed by atoms with Gasteiger partial charge >= 0.3 is 5.97 Å². The molecule has 0 bridgehead atoms. The van der Waals surface area contributed by atoms with E-state index in [1.807, 2.05) is 0 Å². The second kappa shape index (κ2) is 3.39.